The van der Waals surface area contributed by atoms with Crippen molar-refractivity contribution in [2.75, 3.05) is 9.80 Å². The topological polar surface area (TPSA) is 15.7 Å². The van der Waals surface area contributed by atoms with Crippen molar-refractivity contribution in [1.29, 1.82) is 0 Å². The predicted octanol–water partition coefficient (Wildman–Crippen LogP) is 17.3. The summed E-state index contributed by atoms with van der Waals surface area (Å²) in [5, 5.41) is 4.84. The average Bonchev–Trinajstić information content (AvgIpc) is 3.73. The Balaban J connectivity index is 0.972. The van der Waals surface area contributed by atoms with E-state index in [0.717, 1.165) is 67.5 Å². The summed E-state index contributed by atoms with van der Waals surface area (Å²) in [5.41, 5.74) is 13.5. The van der Waals surface area contributed by atoms with Gasteiger partial charge >= 0.3 is 0 Å². The van der Waals surface area contributed by atoms with Crippen molar-refractivity contribution in [3.63, 3.8) is 0 Å². The fourth-order valence-corrected chi connectivity index (χ4v) is 10.4. The third-order valence-electron chi connectivity index (χ3n) is 12.0. The molecule has 0 saturated carbocycles. The minimum atomic E-state index is 0.838. The Kier molecular flexibility index (Phi) is 8.68. The van der Waals surface area contributed by atoms with Crippen LogP contribution in [-0.2, 0) is 0 Å². The molecule has 4 heteroatoms. The third-order valence-corrected chi connectivity index (χ3v) is 13.2. The Morgan fingerprint density at radius 1 is 0.323 bits per heavy atom. The molecule has 0 spiro atoms. The van der Waals surface area contributed by atoms with Crippen molar-refractivity contribution in [3.8, 4) is 44.9 Å². The van der Waals surface area contributed by atoms with Crippen LogP contribution in [0.2, 0.25) is 0 Å². The van der Waals surface area contributed by atoms with Gasteiger partial charge in [-0.1, -0.05) is 146 Å². The maximum absolute atomic E-state index is 6.93. The largest absolute Gasteiger partial charge is 0.456 e. The summed E-state index contributed by atoms with van der Waals surface area (Å²) in [5.74, 6) is 1.68. The number of hydrogen-bond acceptors (Lipinski definition) is 4. The van der Waals surface area contributed by atoms with Crippen LogP contribution in [0.3, 0.4) is 0 Å². The zero-order valence-electron chi connectivity index (χ0n) is 33.7. The van der Waals surface area contributed by atoms with Crippen LogP contribution in [-0.4, -0.2) is 0 Å². The molecule has 2 heterocycles. The summed E-state index contributed by atoms with van der Waals surface area (Å²) in [6, 6.07) is 82.6. The van der Waals surface area contributed by atoms with Crippen molar-refractivity contribution in [1.82, 2.24) is 0 Å². The van der Waals surface area contributed by atoms with Gasteiger partial charge in [0.2, 0.25) is 0 Å². The maximum Gasteiger partial charge on any atom is 0.138 e. The van der Waals surface area contributed by atoms with Gasteiger partial charge in [0.1, 0.15) is 11.5 Å². The first-order valence-corrected chi connectivity index (χ1v) is 21.8. The molecule has 1 aliphatic heterocycles. The van der Waals surface area contributed by atoms with E-state index in [4.69, 9.17) is 4.74 Å². The number of fused-ring (bicyclic) bond motifs is 5. The number of anilines is 6. The SMILES string of the molecule is c1ccc(-c2ccc(N(c3ccc(-c4cccc5c4sc4ccccc45)cc3)c3cc4c5c(cccc5c3)-c3cc(N(c5ccccc5)c5ccccc5)ccc3O4)cc2)cc1. The highest BCUT2D eigenvalue weighted by Crippen LogP contribution is 2.51. The lowest BCUT2D eigenvalue weighted by molar-refractivity contribution is 0.487. The van der Waals surface area contributed by atoms with Crippen LogP contribution < -0.4 is 14.5 Å². The highest BCUT2D eigenvalue weighted by Gasteiger charge is 2.25. The smallest absolute Gasteiger partial charge is 0.138 e. The van der Waals surface area contributed by atoms with Crippen LogP contribution in [0.5, 0.6) is 11.5 Å². The van der Waals surface area contributed by atoms with Gasteiger partial charge < -0.3 is 14.5 Å². The standard InChI is InChI=1S/C58H38N2OS/c1-4-14-39(15-5-1)40-26-30-45(31-27-40)60(46-32-28-41(29-33-46)49-22-13-24-52-50-21-10-11-25-56(50)62-58(49)52)48-36-42-16-12-23-51-53-37-47(34-35-54(53)61-55(38-48)57(42)51)59(43-17-6-2-7-18-43)44-19-8-3-9-20-44/h1-38H. The van der Waals surface area contributed by atoms with E-state index in [1.165, 1.54) is 42.4 Å². The van der Waals surface area contributed by atoms with E-state index >= 15 is 0 Å². The molecule has 11 aromatic rings. The van der Waals surface area contributed by atoms with E-state index < -0.39 is 0 Å². The van der Waals surface area contributed by atoms with Crippen LogP contribution in [0.25, 0.3) is 64.3 Å². The van der Waals surface area contributed by atoms with Gasteiger partial charge in [0.15, 0.2) is 0 Å². The number of rotatable bonds is 8. The van der Waals surface area contributed by atoms with Crippen LogP contribution in [0, 0.1) is 0 Å². The molecule has 1 aromatic heterocycles. The Bertz CT molecular complexity index is 3380. The molecule has 0 fully saturated rings. The van der Waals surface area contributed by atoms with Crippen molar-refractivity contribution in [2.45, 2.75) is 0 Å². The summed E-state index contributed by atoms with van der Waals surface area (Å²) in [6.45, 7) is 0. The summed E-state index contributed by atoms with van der Waals surface area (Å²) < 4.78 is 9.56. The Morgan fingerprint density at radius 3 is 1.60 bits per heavy atom. The van der Waals surface area contributed by atoms with Gasteiger partial charge in [0.25, 0.3) is 0 Å². The number of nitrogens with zero attached hydrogens (tertiary/aromatic N) is 2. The van der Waals surface area contributed by atoms with Gasteiger partial charge in [-0.3, -0.25) is 0 Å². The Hall–Kier alpha value is -7.92. The van der Waals surface area contributed by atoms with Crippen LogP contribution >= 0.6 is 11.3 Å². The molecule has 292 valence electrons. The highest BCUT2D eigenvalue weighted by molar-refractivity contribution is 7.26. The molecule has 1 aliphatic rings. The fraction of sp³-hybridized carbons (Fsp3) is 0. The van der Waals surface area contributed by atoms with E-state index in [-0.39, 0.29) is 0 Å². The molecular formula is C58H38N2OS. The lowest BCUT2D eigenvalue weighted by Crippen LogP contribution is -2.11. The maximum atomic E-state index is 6.93. The molecule has 0 atom stereocenters. The number of benzene rings is 10. The second-order valence-corrected chi connectivity index (χ2v) is 16.8. The van der Waals surface area contributed by atoms with Gasteiger partial charge in [-0.15, -0.1) is 11.3 Å². The molecule has 12 rings (SSSR count). The molecule has 10 aromatic carbocycles. The Morgan fingerprint density at radius 2 is 0.871 bits per heavy atom. The lowest BCUT2D eigenvalue weighted by Gasteiger charge is -2.30. The molecule has 0 N–H and O–H groups in total. The second kappa shape index (κ2) is 15.0. The minimum absolute atomic E-state index is 0.838. The van der Waals surface area contributed by atoms with E-state index in [9.17, 15) is 0 Å². The normalized spacial score (nSPS) is 11.7. The van der Waals surface area contributed by atoms with Gasteiger partial charge in [-0.25, -0.2) is 0 Å². The number of hydrogen-bond donors (Lipinski definition) is 0. The molecule has 0 amide bonds. The monoisotopic (exact) mass is 810 g/mol. The summed E-state index contributed by atoms with van der Waals surface area (Å²) in [7, 11) is 0. The molecule has 0 radical (unpaired) electrons. The summed E-state index contributed by atoms with van der Waals surface area (Å²) in [6.07, 6.45) is 0. The zero-order valence-corrected chi connectivity index (χ0v) is 34.5. The fourth-order valence-electron chi connectivity index (χ4n) is 9.13. The summed E-state index contributed by atoms with van der Waals surface area (Å²) in [4.78, 5) is 4.65. The predicted molar refractivity (Wildman–Crippen MR) is 263 cm³/mol. The van der Waals surface area contributed by atoms with Crippen molar-refractivity contribution >= 4 is 76.4 Å². The molecular weight excluding hydrogens is 773 g/mol. The van der Waals surface area contributed by atoms with Gasteiger partial charge in [0.05, 0.1) is 5.69 Å². The van der Waals surface area contributed by atoms with Crippen molar-refractivity contribution in [3.05, 3.63) is 231 Å². The average molecular weight is 811 g/mol. The second-order valence-electron chi connectivity index (χ2n) is 15.7. The number of thiophene rings is 1. The van der Waals surface area contributed by atoms with Crippen molar-refractivity contribution < 1.29 is 4.74 Å². The molecule has 0 bridgehead atoms. The molecule has 62 heavy (non-hydrogen) atoms. The number of ether oxygens (including phenoxy) is 1. The first kappa shape index (κ1) is 36.0. The minimum Gasteiger partial charge on any atom is -0.456 e. The third kappa shape index (κ3) is 6.20. The van der Waals surface area contributed by atoms with Gasteiger partial charge in [0, 0.05) is 65.6 Å². The summed E-state index contributed by atoms with van der Waals surface area (Å²) >= 11 is 1.87. The molecule has 0 aliphatic carbocycles. The highest BCUT2D eigenvalue weighted by atomic mass is 32.1. The molecule has 0 unspecified atom stereocenters. The quantitative estimate of drug-likeness (QED) is 0.152. The number of para-hydroxylation sites is 2. The Labute approximate surface area is 364 Å². The lowest BCUT2D eigenvalue weighted by atomic mass is 9.93. The van der Waals surface area contributed by atoms with Crippen molar-refractivity contribution in [2.24, 2.45) is 0 Å². The first-order chi connectivity index (χ1) is 30.7. The zero-order chi connectivity index (χ0) is 41.0. The van der Waals surface area contributed by atoms with Crippen LogP contribution in [0.1, 0.15) is 0 Å². The molecule has 0 saturated heterocycles. The van der Waals surface area contributed by atoms with Gasteiger partial charge in [-0.05, 0) is 112 Å². The molecule has 3 nitrogen and oxygen atoms in total. The van der Waals surface area contributed by atoms with E-state index in [2.05, 4.69) is 240 Å². The van der Waals surface area contributed by atoms with E-state index in [0.29, 0.717) is 0 Å². The van der Waals surface area contributed by atoms with E-state index in [1.54, 1.807) is 0 Å². The first-order valence-electron chi connectivity index (χ1n) is 21.0. The van der Waals surface area contributed by atoms with Crippen LogP contribution in [0.15, 0.2) is 231 Å². The van der Waals surface area contributed by atoms with E-state index in [1.807, 2.05) is 11.3 Å². The van der Waals surface area contributed by atoms with Crippen LogP contribution in [0.4, 0.5) is 34.1 Å². The van der Waals surface area contributed by atoms with Gasteiger partial charge in [-0.2, -0.15) is 0 Å².